The van der Waals surface area contributed by atoms with Gasteiger partial charge in [0, 0.05) is 24.2 Å². The zero-order chi connectivity index (χ0) is 15.5. The second-order valence-electron chi connectivity index (χ2n) is 6.35. The molecular weight excluding hydrogens is 262 g/mol. The molecule has 1 N–H and O–H groups in total. The fourth-order valence-corrected chi connectivity index (χ4v) is 2.00. The molecule has 2 aromatic rings. The molecule has 0 radical (unpaired) electrons. The number of nitrogens with zero attached hydrogens (tertiary/aromatic N) is 2. The summed E-state index contributed by atoms with van der Waals surface area (Å²) >= 11 is 0. The van der Waals surface area contributed by atoms with E-state index < -0.39 is 0 Å². The van der Waals surface area contributed by atoms with Crippen LogP contribution >= 0.6 is 0 Å². The highest BCUT2D eigenvalue weighted by atomic mass is 16.5. The molecule has 0 atom stereocenters. The Labute approximate surface area is 127 Å². The number of hydrogen-bond acceptors (Lipinski definition) is 3. The van der Waals surface area contributed by atoms with Gasteiger partial charge in [-0.05, 0) is 40.7 Å². The van der Waals surface area contributed by atoms with E-state index in [-0.39, 0.29) is 5.54 Å². The van der Waals surface area contributed by atoms with Crippen LogP contribution in [-0.2, 0) is 13.1 Å². The fraction of sp³-hybridized carbons (Fsp3) is 0.471. The Morgan fingerprint density at radius 3 is 2.67 bits per heavy atom. The number of aryl methyl sites for hydroxylation is 2. The van der Waals surface area contributed by atoms with Gasteiger partial charge in [-0.1, -0.05) is 17.7 Å². The first-order valence-corrected chi connectivity index (χ1v) is 7.42. The van der Waals surface area contributed by atoms with E-state index in [0.29, 0.717) is 0 Å². The highest BCUT2D eigenvalue weighted by molar-refractivity contribution is 5.39. The van der Waals surface area contributed by atoms with E-state index in [1.165, 1.54) is 5.56 Å². The van der Waals surface area contributed by atoms with Gasteiger partial charge in [0.25, 0.3) is 0 Å². The third-order valence-corrected chi connectivity index (χ3v) is 3.19. The Bertz CT molecular complexity index is 596. The third kappa shape index (κ3) is 4.60. The van der Waals surface area contributed by atoms with Gasteiger partial charge in [0.2, 0.25) is 0 Å². The lowest BCUT2D eigenvalue weighted by Gasteiger charge is -2.21. The second-order valence-corrected chi connectivity index (χ2v) is 6.35. The van der Waals surface area contributed by atoms with Crippen LogP contribution in [0.5, 0.6) is 11.5 Å². The normalized spacial score (nSPS) is 11.7. The van der Waals surface area contributed by atoms with E-state index in [2.05, 4.69) is 57.2 Å². The Morgan fingerprint density at radius 2 is 2.05 bits per heavy atom. The third-order valence-electron chi connectivity index (χ3n) is 3.19. The minimum atomic E-state index is 0.0775. The highest BCUT2D eigenvalue weighted by Crippen LogP contribution is 2.26. The maximum Gasteiger partial charge on any atom is 0.165 e. The summed E-state index contributed by atoms with van der Waals surface area (Å²) < 4.78 is 7.85. The van der Waals surface area contributed by atoms with Gasteiger partial charge in [0.1, 0.15) is 5.75 Å². The average Bonchev–Trinajstić information content (AvgIpc) is 2.86. The van der Waals surface area contributed by atoms with Crippen molar-refractivity contribution in [3.63, 3.8) is 0 Å². The van der Waals surface area contributed by atoms with Gasteiger partial charge in [-0.3, -0.25) is 4.68 Å². The molecule has 1 aromatic carbocycles. The van der Waals surface area contributed by atoms with E-state index in [1.807, 2.05) is 16.9 Å². The van der Waals surface area contributed by atoms with Crippen LogP contribution in [0.25, 0.3) is 0 Å². The molecule has 114 valence electrons. The lowest BCUT2D eigenvalue weighted by molar-refractivity contribution is 0.414. The van der Waals surface area contributed by atoms with E-state index >= 15 is 0 Å². The first-order chi connectivity index (χ1) is 9.87. The fourth-order valence-electron chi connectivity index (χ4n) is 2.00. The number of ether oxygens (including phenoxy) is 1. The van der Waals surface area contributed by atoms with Crippen molar-refractivity contribution in [1.29, 1.82) is 0 Å². The molecule has 0 bridgehead atoms. The zero-order valence-electron chi connectivity index (χ0n) is 13.6. The van der Waals surface area contributed by atoms with Crippen molar-refractivity contribution in [2.24, 2.45) is 0 Å². The Kier molecular flexibility index (Phi) is 4.68. The summed E-state index contributed by atoms with van der Waals surface area (Å²) in [6, 6.07) is 6.26. The first kappa shape index (κ1) is 15.6. The zero-order valence-corrected chi connectivity index (χ0v) is 13.6. The van der Waals surface area contributed by atoms with E-state index in [0.717, 1.165) is 30.2 Å². The minimum Gasteiger partial charge on any atom is -0.454 e. The molecule has 0 aliphatic carbocycles. The van der Waals surface area contributed by atoms with Gasteiger partial charge in [-0.2, -0.15) is 5.10 Å². The Balaban J connectivity index is 2.17. The maximum atomic E-state index is 5.99. The minimum absolute atomic E-state index is 0.0775. The number of benzene rings is 1. The molecule has 0 spiro atoms. The van der Waals surface area contributed by atoms with Gasteiger partial charge < -0.3 is 10.1 Å². The molecule has 1 heterocycles. The number of hydrogen-bond donors (Lipinski definition) is 1. The van der Waals surface area contributed by atoms with Crippen molar-refractivity contribution < 1.29 is 4.74 Å². The van der Waals surface area contributed by atoms with Crippen molar-refractivity contribution in [3.05, 3.63) is 41.7 Å². The summed E-state index contributed by atoms with van der Waals surface area (Å²) in [6.45, 7) is 12.3. The summed E-state index contributed by atoms with van der Waals surface area (Å²) in [5.41, 5.74) is 2.47. The summed E-state index contributed by atoms with van der Waals surface area (Å²) in [6.07, 6.45) is 3.67. The van der Waals surface area contributed by atoms with Gasteiger partial charge in [0.05, 0.1) is 12.4 Å². The van der Waals surface area contributed by atoms with Crippen molar-refractivity contribution in [1.82, 2.24) is 15.1 Å². The van der Waals surface area contributed by atoms with Crippen LogP contribution in [0.15, 0.2) is 30.6 Å². The summed E-state index contributed by atoms with van der Waals surface area (Å²) in [4.78, 5) is 0. The predicted octanol–water partition coefficient (Wildman–Crippen LogP) is 3.89. The SMILES string of the molecule is CCn1cc(Oc2ccc(C)cc2CNC(C)(C)C)cn1. The first-order valence-electron chi connectivity index (χ1n) is 7.42. The molecule has 0 fully saturated rings. The topological polar surface area (TPSA) is 39.1 Å². The number of nitrogens with one attached hydrogen (secondary N) is 1. The summed E-state index contributed by atoms with van der Waals surface area (Å²) in [7, 11) is 0. The molecule has 4 nitrogen and oxygen atoms in total. The molecule has 21 heavy (non-hydrogen) atoms. The second kappa shape index (κ2) is 6.31. The van der Waals surface area contributed by atoms with Crippen LogP contribution in [0.4, 0.5) is 0 Å². The lowest BCUT2D eigenvalue weighted by Crippen LogP contribution is -2.35. The van der Waals surface area contributed by atoms with E-state index in [9.17, 15) is 0 Å². The van der Waals surface area contributed by atoms with Crippen molar-refractivity contribution in [2.45, 2.75) is 53.2 Å². The van der Waals surface area contributed by atoms with Crippen LogP contribution in [0.1, 0.15) is 38.8 Å². The largest absolute Gasteiger partial charge is 0.454 e. The molecule has 0 amide bonds. The quantitative estimate of drug-likeness (QED) is 0.906. The van der Waals surface area contributed by atoms with Crippen molar-refractivity contribution >= 4 is 0 Å². The Hall–Kier alpha value is -1.81. The van der Waals surface area contributed by atoms with Crippen LogP contribution in [0, 0.1) is 6.92 Å². The maximum absolute atomic E-state index is 5.99. The molecule has 0 saturated carbocycles. The summed E-state index contributed by atoms with van der Waals surface area (Å²) in [5, 5.41) is 7.75. The Morgan fingerprint density at radius 1 is 1.29 bits per heavy atom. The van der Waals surface area contributed by atoms with Crippen LogP contribution in [0.2, 0.25) is 0 Å². The molecule has 0 aliphatic rings. The number of rotatable bonds is 5. The van der Waals surface area contributed by atoms with Crippen LogP contribution in [0.3, 0.4) is 0 Å². The highest BCUT2D eigenvalue weighted by Gasteiger charge is 2.12. The van der Waals surface area contributed by atoms with E-state index in [1.54, 1.807) is 6.20 Å². The van der Waals surface area contributed by atoms with Crippen molar-refractivity contribution in [3.8, 4) is 11.5 Å². The summed E-state index contributed by atoms with van der Waals surface area (Å²) in [5.74, 6) is 1.66. The van der Waals surface area contributed by atoms with Gasteiger partial charge >= 0.3 is 0 Å². The van der Waals surface area contributed by atoms with Crippen molar-refractivity contribution in [2.75, 3.05) is 0 Å². The number of aromatic nitrogens is 2. The molecule has 4 heteroatoms. The average molecular weight is 287 g/mol. The van der Waals surface area contributed by atoms with Crippen LogP contribution in [-0.4, -0.2) is 15.3 Å². The smallest absolute Gasteiger partial charge is 0.165 e. The van der Waals surface area contributed by atoms with E-state index in [4.69, 9.17) is 4.74 Å². The predicted molar refractivity (Wildman–Crippen MR) is 85.7 cm³/mol. The standard InChI is InChI=1S/C17H25N3O/c1-6-20-12-15(11-19-20)21-16-8-7-13(2)9-14(16)10-18-17(3,4)5/h7-9,11-12,18H,6,10H2,1-5H3. The molecular formula is C17H25N3O. The lowest BCUT2D eigenvalue weighted by atomic mass is 10.1. The molecule has 2 rings (SSSR count). The molecule has 0 aliphatic heterocycles. The van der Waals surface area contributed by atoms with Gasteiger partial charge in [-0.15, -0.1) is 0 Å². The monoisotopic (exact) mass is 287 g/mol. The molecule has 0 unspecified atom stereocenters. The van der Waals surface area contributed by atoms with Gasteiger partial charge in [0.15, 0.2) is 5.75 Å². The van der Waals surface area contributed by atoms with Gasteiger partial charge in [-0.25, -0.2) is 0 Å². The molecule has 0 saturated heterocycles. The molecule has 1 aromatic heterocycles. The van der Waals surface area contributed by atoms with Crippen LogP contribution < -0.4 is 10.1 Å².